The van der Waals surface area contributed by atoms with Gasteiger partial charge in [0.15, 0.2) is 0 Å². The van der Waals surface area contributed by atoms with E-state index in [1.54, 1.807) is 21.6 Å². The number of fused-ring (bicyclic) bond motifs is 1. The number of thioether (sulfide) groups is 1. The standard InChI is InChI=1S/C32H32N4O3S/c1-22-12-14-25(15-13-22)36-32-29(30(33-36)24-9-4-3-5-10-24)31(26-11-7-6-8-23(26)2)40-21-28(38)35(32)20-27(37)34-16-18-39-19-17-34/h3-15,31H,16-21H2,1-2H3. The summed E-state index contributed by atoms with van der Waals surface area (Å²) in [7, 11) is 0. The first-order valence-electron chi connectivity index (χ1n) is 13.6. The van der Waals surface area contributed by atoms with Crippen molar-refractivity contribution in [3.63, 3.8) is 0 Å². The molecule has 0 aliphatic carbocycles. The Hall–Kier alpha value is -3.88. The lowest BCUT2D eigenvalue weighted by Crippen LogP contribution is -2.48. The van der Waals surface area contributed by atoms with Crippen molar-refractivity contribution in [3.05, 3.63) is 101 Å². The third-order valence-corrected chi connectivity index (χ3v) is 8.78. The van der Waals surface area contributed by atoms with Gasteiger partial charge >= 0.3 is 0 Å². The Morgan fingerprint density at radius 2 is 1.65 bits per heavy atom. The number of aryl methyl sites for hydroxylation is 2. The van der Waals surface area contributed by atoms with Gasteiger partial charge in [-0.1, -0.05) is 72.3 Å². The maximum atomic E-state index is 13.9. The van der Waals surface area contributed by atoms with E-state index in [4.69, 9.17) is 9.84 Å². The summed E-state index contributed by atoms with van der Waals surface area (Å²) in [5.74, 6) is 0.732. The molecule has 0 N–H and O–H groups in total. The Morgan fingerprint density at radius 1 is 0.950 bits per heavy atom. The van der Waals surface area contributed by atoms with Crippen molar-refractivity contribution in [1.29, 1.82) is 0 Å². The molecule has 1 aromatic heterocycles. The van der Waals surface area contributed by atoms with Crippen molar-refractivity contribution < 1.29 is 14.3 Å². The molecule has 204 valence electrons. The summed E-state index contributed by atoms with van der Waals surface area (Å²) in [4.78, 5) is 30.9. The lowest BCUT2D eigenvalue weighted by atomic mass is 9.97. The Kier molecular flexibility index (Phi) is 7.45. The lowest BCUT2D eigenvalue weighted by Gasteiger charge is -2.30. The number of nitrogens with zero attached hydrogens (tertiary/aromatic N) is 4. The van der Waals surface area contributed by atoms with Crippen LogP contribution in [-0.4, -0.2) is 65.1 Å². The predicted molar refractivity (Wildman–Crippen MR) is 159 cm³/mol. The van der Waals surface area contributed by atoms with Gasteiger partial charge in [0.05, 0.1) is 35.6 Å². The lowest BCUT2D eigenvalue weighted by molar-refractivity contribution is -0.134. The minimum atomic E-state index is -0.141. The number of aromatic nitrogens is 2. The van der Waals surface area contributed by atoms with Gasteiger partial charge < -0.3 is 9.64 Å². The van der Waals surface area contributed by atoms with Crippen molar-refractivity contribution in [3.8, 4) is 16.9 Å². The predicted octanol–water partition coefficient (Wildman–Crippen LogP) is 5.18. The number of anilines is 1. The van der Waals surface area contributed by atoms with Gasteiger partial charge in [0.2, 0.25) is 11.8 Å². The van der Waals surface area contributed by atoms with Gasteiger partial charge in [0.1, 0.15) is 12.4 Å². The van der Waals surface area contributed by atoms with E-state index in [9.17, 15) is 9.59 Å². The maximum Gasteiger partial charge on any atom is 0.242 e. The zero-order valence-electron chi connectivity index (χ0n) is 22.7. The first kappa shape index (κ1) is 26.3. The highest BCUT2D eigenvalue weighted by molar-refractivity contribution is 8.00. The van der Waals surface area contributed by atoms with Gasteiger partial charge in [-0.25, -0.2) is 4.68 Å². The molecule has 2 aliphatic rings. The minimum Gasteiger partial charge on any atom is -0.378 e. The number of benzene rings is 3. The van der Waals surface area contributed by atoms with Crippen LogP contribution < -0.4 is 4.90 Å². The molecule has 1 atom stereocenters. The summed E-state index contributed by atoms with van der Waals surface area (Å²) in [6.07, 6.45) is 0. The number of amides is 2. The summed E-state index contributed by atoms with van der Waals surface area (Å²) < 4.78 is 7.32. The molecule has 7 nitrogen and oxygen atoms in total. The third-order valence-electron chi connectivity index (χ3n) is 7.54. The number of hydrogen-bond donors (Lipinski definition) is 0. The van der Waals surface area contributed by atoms with Gasteiger partial charge in [-0.05, 0) is 37.1 Å². The highest BCUT2D eigenvalue weighted by Crippen LogP contribution is 2.49. The minimum absolute atomic E-state index is 0.0430. The summed E-state index contributed by atoms with van der Waals surface area (Å²) in [5.41, 5.74) is 7.01. The Morgan fingerprint density at radius 3 is 2.38 bits per heavy atom. The van der Waals surface area contributed by atoms with E-state index in [1.165, 1.54) is 0 Å². The van der Waals surface area contributed by atoms with Crippen LogP contribution in [0.2, 0.25) is 0 Å². The second kappa shape index (κ2) is 11.3. The van der Waals surface area contributed by atoms with E-state index < -0.39 is 0 Å². The highest BCUT2D eigenvalue weighted by Gasteiger charge is 2.38. The van der Waals surface area contributed by atoms with E-state index in [0.29, 0.717) is 32.1 Å². The molecular formula is C32H32N4O3S. The van der Waals surface area contributed by atoms with Crippen LogP contribution in [0.4, 0.5) is 5.82 Å². The van der Waals surface area contributed by atoms with Crippen LogP contribution >= 0.6 is 11.8 Å². The SMILES string of the molecule is Cc1ccc(-n2nc(-c3ccccc3)c3c2N(CC(=O)N2CCOCC2)C(=O)CSC3c2ccccc2C)cc1. The molecule has 4 aromatic rings. The number of morpholine rings is 1. The second-order valence-electron chi connectivity index (χ2n) is 10.2. The topological polar surface area (TPSA) is 67.7 Å². The van der Waals surface area contributed by atoms with Gasteiger partial charge in [-0.3, -0.25) is 14.5 Å². The zero-order valence-corrected chi connectivity index (χ0v) is 23.6. The molecule has 2 aliphatic heterocycles. The average Bonchev–Trinajstić information content (AvgIpc) is 3.31. The average molecular weight is 553 g/mol. The van der Waals surface area contributed by atoms with Crippen molar-refractivity contribution in [2.75, 3.05) is 43.5 Å². The van der Waals surface area contributed by atoms with E-state index in [-0.39, 0.29) is 29.4 Å². The highest BCUT2D eigenvalue weighted by atomic mass is 32.2. The van der Waals surface area contributed by atoms with E-state index in [2.05, 4.69) is 31.2 Å². The Balaban J connectivity index is 1.59. The number of rotatable bonds is 5. The molecule has 3 aromatic carbocycles. The van der Waals surface area contributed by atoms with Crippen LogP contribution in [0.25, 0.3) is 16.9 Å². The molecule has 3 heterocycles. The third kappa shape index (κ3) is 5.05. The largest absolute Gasteiger partial charge is 0.378 e. The molecule has 0 bridgehead atoms. The number of hydrogen-bond acceptors (Lipinski definition) is 5. The van der Waals surface area contributed by atoms with Crippen LogP contribution in [0.3, 0.4) is 0 Å². The quantitative estimate of drug-likeness (QED) is 0.341. The molecule has 6 rings (SSSR count). The fourth-order valence-electron chi connectivity index (χ4n) is 5.37. The molecule has 0 radical (unpaired) electrons. The van der Waals surface area contributed by atoms with E-state index in [0.717, 1.165) is 39.2 Å². The smallest absolute Gasteiger partial charge is 0.242 e. The molecule has 0 spiro atoms. The normalized spacial score (nSPS) is 17.4. The molecule has 1 saturated heterocycles. The van der Waals surface area contributed by atoms with Crippen molar-refractivity contribution in [2.24, 2.45) is 0 Å². The molecule has 2 amide bonds. The molecule has 0 saturated carbocycles. The zero-order chi connectivity index (χ0) is 27.6. The second-order valence-corrected chi connectivity index (χ2v) is 11.3. The molecule has 8 heteroatoms. The van der Waals surface area contributed by atoms with E-state index >= 15 is 0 Å². The van der Waals surface area contributed by atoms with Crippen molar-refractivity contribution in [1.82, 2.24) is 14.7 Å². The number of carbonyl (C=O) groups excluding carboxylic acids is 2. The monoisotopic (exact) mass is 552 g/mol. The van der Waals surface area contributed by atoms with Crippen LogP contribution in [-0.2, 0) is 14.3 Å². The van der Waals surface area contributed by atoms with Crippen LogP contribution in [0.15, 0.2) is 78.9 Å². The first-order chi connectivity index (χ1) is 19.5. The fourth-order valence-corrected chi connectivity index (χ4v) is 6.66. The van der Waals surface area contributed by atoms with Crippen LogP contribution in [0, 0.1) is 13.8 Å². The van der Waals surface area contributed by atoms with Crippen molar-refractivity contribution >= 4 is 29.4 Å². The summed E-state index contributed by atoms with van der Waals surface area (Å²) in [6, 6.07) is 26.5. The Labute approximate surface area is 238 Å². The maximum absolute atomic E-state index is 13.9. The fraction of sp³-hybridized carbons (Fsp3) is 0.281. The van der Waals surface area contributed by atoms with Gasteiger partial charge in [-0.15, -0.1) is 11.8 Å². The van der Waals surface area contributed by atoms with Crippen LogP contribution in [0.5, 0.6) is 0 Å². The first-order valence-corrected chi connectivity index (χ1v) is 14.6. The van der Waals surface area contributed by atoms with Crippen molar-refractivity contribution in [2.45, 2.75) is 19.1 Å². The van der Waals surface area contributed by atoms with Gasteiger partial charge in [0.25, 0.3) is 0 Å². The summed E-state index contributed by atoms with van der Waals surface area (Å²) in [5, 5.41) is 5.04. The van der Waals surface area contributed by atoms with Gasteiger partial charge in [-0.2, -0.15) is 5.10 Å². The molecular weight excluding hydrogens is 520 g/mol. The molecule has 1 fully saturated rings. The van der Waals surface area contributed by atoms with Crippen LogP contribution in [0.1, 0.15) is 27.5 Å². The molecule has 40 heavy (non-hydrogen) atoms. The summed E-state index contributed by atoms with van der Waals surface area (Å²) in [6.45, 7) is 6.19. The van der Waals surface area contributed by atoms with Gasteiger partial charge in [0, 0.05) is 24.2 Å². The number of carbonyl (C=O) groups is 2. The van der Waals surface area contributed by atoms with E-state index in [1.807, 2.05) is 66.2 Å². The number of ether oxygens (including phenoxy) is 1. The summed E-state index contributed by atoms with van der Waals surface area (Å²) >= 11 is 1.60. The Bertz CT molecular complexity index is 1530. The molecule has 1 unspecified atom stereocenters.